The van der Waals surface area contributed by atoms with Crippen molar-refractivity contribution in [2.24, 2.45) is 0 Å². The average molecular weight is 1450 g/mol. The maximum Gasteiger partial charge on any atom is 0.408 e. The Bertz CT molecular complexity index is 4620. The third kappa shape index (κ3) is 14.4. The third-order valence-corrected chi connectivity index (χ3v) is 17.3. The number of esters is 1. The smallest absolute Gasteiger partial charge is 0.408 e. The van der Waals surface area contributed by atoms with Gasteiger partial charge in [-0.1, -0.05) is 93.7 Å². The summed E-state index contributed by atoms with van der Waals surface area (Å²) in [5.41, 5.74) is -1.13. The number of nitrogens with one attached hydrogen (secondary N) is 7. The predicted molar refractivity (Wildman–Crippen MR) is 353 cm³/mol. The van der Waals surface area contributed by atoms with Gasteiger partial charge in [-0.15, -0.1) is 0 Å². The van der Waals surface area contributed by atoms with Crippen LogP contribution in [0.3, 0.4) is 0 Å². The summed E-state index contributed by atoms with van der Waals surface area (Å²) in [6, 6.07) is 17.6. The molecule has 27 nitrogen and oxygen atoms in total. The number of carbonyl (C=O) groups is 8. The zero-order chi connectivity index (χ0) is 70.1. The van der Waals surface area contributed by atoms with Crippen LogP contribution >= 0.6 is 39.1 Å². The second-order valence-corrected chi connectivity index (χ2v) is 24.6. The van der Waals surface area contributed by atoms with Crippen LogP contribution in [0.15, 0.2) is 146 Å². The lowest BCUT2D eigenvalue weighted by Crippen LogP contribution is -2.55. The standard InChI is InChI=1S/C69H56BrCl2N7O20/c1-94-68(92)58-41-27-38(81)28-47(84)53(41)40-21-32(8-11-45(40)82)54-64(88)78-59(67(91)77-58)60(85)34-10-14-49(43(72)22-34)99-52-25-36-24-51(61(52)95-16-15-70)98-48-13-7-31(17-42(48)71)18-44-62(86)74-56(65(89)76-57(36)66(90)75-54)35-19-37(80)26-39(20-35)97-50-23-33(9-12-46(50)83)55(63(87)73-44)79-69(93)96-29-30-5-3-2-4-6-30/h2-14,17,19-28,44,54-60,80-85H,15-16,18,29H2,1H3,(H,73,87)(H,74,86)(H,75,90)(H,76,89)(H,77,91)(H,78,88)(H,79,93)/t44-,54-,55+,56+,57-,58+,59+,60-/m1/s1. The number of alkyl halides is 1. The number of aliphatic hydroxyl groups is 1. The summed E-state index contributed by atoms with van der Waals surface area (Å²) in [6.07, 6.45) is -3.60. The molecule has 508 valence electrons. The summed E-state index contributed by atoms with van der Waals surface area (Å²) in [5, 5.41) is 87.2. The molecule has 30 heteroatoms. The number of methoxy groups -OCH3 is 1. The second-order valence-electron chi connectivity index (χ2n) is 23.0. The number of carbonyl (C=O) groups excluding carboxylic acids is 8. The van der Waals surface area contributed by atoms with Crippen LogP contribution in [0.1, 0.15) is 80.8 Å². The summed E-state index contributed by atoms with van der Waals surface area (Å²) >= 11 is 17.5. The number of amides is 7. The number of ether oxygens (including phenoxy) is 6. The molecule has 0 saturated heterocycles. The van der Waals surface area contributed by atoms with Crippen molar-refractivity contribution in [3.05, 3.63) is 200 Å². The minimum Gasteiger partial charge on any atom is -0.508 e. The number of benzene rings is 8. The first-order valence-corrected chi connectivity index (χ1v) is 32.0. The van der Waals surface area contributed by atoms with E-state index in [0.29, 0.717) is 5.56 Å². The van der Waals surface area contributed by atoms with Crippen LogP contribution in [0.2, 0.25) is 10.0 Å². The van der Waals surface area contributed by atoms with Gasteiger partial charge in [-0.25, -0.2) is 9.59 Å². The Hall–Kier alpha value is -11.5. The van der Waals surface area contributed by atoms with Crippen LogP contribution in [0.25, 0.3) is 11.1 Å². The Morgan fingerprint density at radius 2 is 1.18 bits per heavy atom. The highest BCUT2D eigenvalue weighted by atomic mass is 79.9. The van der Waals surface area contributed by atoms with Gasteiger partial charge in [0.1, 0.15) is 89.2 Å². The maximum atomic E-state index is 16.1. The first-order valence-electron chi connectivity index (χ1n) is 30.1. The Labute approximate surface area is 579 Å². The number of rotatable bonds is 7. The van der Waals surface area contributed by atoms with E-state index in [2.05, 4.69) is 53.1 Å². The van der Waals surface area contributed by atoms with Gasteiger partial charge < -0.3 is 96.3 Å². The van der Waals surface area contributed by atoms with E-state index in [1.165, 1.54) is 72.8 Å². The molecule has 0 spiro atoms. The van der Waals surface area contributed by atoms with Crippen molar-refractivity contribution in [2.45, 2.75) is 61.4 Å². The van der Waals surface area contributed by atoms with Gasteiger partial charge in [0.2, 0.25) is 41.2 Å². The predicted octanol–water partition coefficient (Wildman–Crippen LogP) is 8.11. The maximum absolute atomic E-state index is 16.1. The number of aliphatic hydroxyl groups excluding tert-OH is 1. The van der Waals surface area contributed by atoms with E-state index in [1.807, 2.05) is 0 Å². The van der Waals surface area contributed by atoms with Crippen molar-refractivity contribution in [3.8, 4) is 80.1 Å². The lowest BCUT2D eigenvalue weighted by molar-refractivity contribution is -0.146. The molecular weight excluding hydrogens is 1400 g/mol. The largest absolute Gasteiger partial charge is 0.508 e. The van der Waals surface area contributed by atoms with E-state index in [0.717, 1.165) is 49.6 Å². The van der Waals surface area contributed by atoms with Crippen LogP contribution in [0.5, 0.6) is 69.0 Å². The van der Waals surface area contributed by atoms with Gasteiger partial charge in [0.05, 0.1) is 23.8 Å². The first-order chi connectivity index (χ1) is 47.5. The number of phenolic OH excluding ortho intramolecular Hbond substituents is 5. The number of halogens is 3. The highest BCUT2D eigenvalue weighted by molar-refractivity contribution is 9.09. The molecule has 17 bridgehead atoms. The summed E-state index contributed by atoms with van der Waals surface area (Å²) < 4.78 is 36.2. The number of aromatic hydroxyl groups is 5. The van der Waals surface area contributed by atoms with Gasteiger partial charge in [0.25, 0.3) is 0 Å². The highest BCUT2D eigenvalue weighted by Crippen LogP contribution is 2.49. The molecule has 0 fully saturated rings. The first kappa shape index (κ1) is 67.5. The minimum atomic E-state index is -2.16. The van der Waals surface area contributed by atoms with Gasteiger partial charge in [-0.2, -0.15) is 0 Å². The molecule has 99 heavy (non-hydrogen) atoms. The summed E-state index contributed by atoms with van der Waals surface area (Å²) in [5.74, 6) is -13.2. The Balaban J connectivity index is 1.06. The molecular formula is C69H56BrCl2N7O20. The number of fused-ring (bicyclic) bond motifs is 14. The highest BCUT2D eigenvalue weighted by Gasteiger charge is 2.42. The molecule has 6 aliphatic heterocycles. The molecule has 0 saturated carbocycles. The monoisotopic (exact) mass is 1450 g/mol. The Morgan fingerprint density at radius 1 is 0.566 bits per heavy atom. The van der Waals surface area contributed by atoms with E-state index in [-0.39, 0.29) is 113 Å². The van der Waals surface area contributed by atoms with Gasteiger partial charge in [0.15, 0.2) is 29.0 Å². The van der Waals surface area contributed by atoms with E-state index < -0.39 is 137 Å². The van der Waals surface area contributed by atoms with E-state index in [1.54, 1.807) is 30.3 Å². The fourth-order valence-electron chi connectivity index (χ4n) is 11.6. The Morgan fingerprint density at radius 3 is 1.87 bits per heavy atom. The molecule has 6 heterocycles. The molecule has 8 aromatic carbocycles. The molecule has 6 aliphatic rings. The van der Waals surface area contributed by atoms with E-state index >= 15 is 19.2 Å². The minimum absolute atomic E-state index is 0.00296. The lowest BCUT2D eigenvalue weighted by Gasteiger charge is -2.31. The van der Waals surface area contributed by atoms with Gasteiger partial charge in [0, 0.05) is 40.6 Å². The molecule has 13 N–H and O–H groups in total. The summed E-state index contributed by atoms with van der Waals surface area (Å²) in [7, 11) is 0.971. The molecule has 8 atom stereocenters. The SMILES string of the molecule is COC(=O)[C@H]1NC(=O)[C@H]2NC(=O)[C@H](NC(=O)[C@@H]3NC(=O)[C@H]4NC(=O)[C@@H](Cc5ccc(c(Cl)c5)Oc5cc3cc(c5OCCBr)Oc3ccc(cc3Cl)[C@H]2O)NC(=O)[C@@H](NC(=O)OCc2ccccc2)c2ccc(O)c(c2)Oc2cc(O)cc4c2)c2ccc(O)c(c2)-c2c(O)cc(O)cc21. The van der Waals surface area contributed by atoms with Gasteiger partial charge >= 0.3 is 12.1 Å². The van der Waals surface area contributed by atoms with Crippen LogP contribution < -0.4 is 56.2 Å². The normalized spacial score (nSPS) is 20.4. The molecule has 0 aromatic heterocycles. The van der Waals surface area contributed by atoms with Crippen LogP contribution in [0.4, 0.5) is 4.79 Å². The third-order valence-electron chi connectivity index (χ3n) is 16.4. The molecule has 0 radical (unpaired) electrons. The van der Waals surface area contributed by atoms with Crippen molar-refractivity contribution in [1.82, 2.24) is 37.2 Å². The quantitative estimate of drug-likeness (QED) is 0.0529. The Kier molecular flexibility index (Phi) is 19.3. The molecule has 0 aliphatic carbocycles. The number of hydrogen-bond donors (Lipinski definition) is 13. The van der Waals surface area contributed by atoms with Crippen molar-refractivity contribution < 1.29 is 97.4 Å². The number of alkyl carbamates (subject to hydrolysis) is 1. The lowest BCUT2D eigenvalue weighted by atomic mass is 9.89. The molecule has 14 rings (SSSR count). The fourth-order valence-corrected chi connectivity index (χ4v) is 12.3. The van der Waals surface area contributed by atoms with Crippen molar-refractivity contribution >= 4 is 86.6 Å². The van der Waals surface area contributed by atoms with Crippen LogP contribution in [-0.4, -0.2) is 109 Å². The van der Waals surface area contributed by atoms with Crippen LogP contribution in [-0.2, 0) is 56.1 Å². The van der Waals surface area contributed by atoms with Crippen LogP contribution in [0, 0.1) is 0 Å². The topological polar surface area (TPSA) is 398 Å². The molecule has 8 aromatic rings. The zero-order valence-electron chi connectivity index (χ0n) is 51.3. The van der Waals surface area contributed by atoms with Crippen molar-refractivity contribution in [1.29, 1.82) is 0 Å². The molecule has 0 unspecified atom stereocenters. The van der Waals surface area contributed by atoms with Gasteiger partial charge in [-0.3, -0.25) is 28.8 Å². The molecule has 7 amide bonds. The number of hydrogen-bond acceptors (Lipinski definition) is 20. The van der Waals surface area contributed by atoms with Crippen molar-refractivity contribution in [2.75, 3.05) is 19.0 Å². The zero-order valence-corrected chi connectivity index (χ0v) is 54.4. The van der Waals surface area contributed by atoms with Gasteiger partial charge in [-0.05, 0) is 118 Å². The average Bonchev–Trinajstić information content (AvgIpc) is 0.772. The fraction of sp³-hybridized carbons (Fsp3) is 0.188. The van der Waals surface area contributed by atoms with E-state index in [4.69, 9.17) is 51.6 Å². The van der Waals surface area contributed by atoms with Crippen molar-refractivity contribution in [3.63, 3.8) is 0 Å². The number of phenols is 5. The second kappa shape index (κ2) is 28.3. The summed E-state index contributed by atoms with van der Waals surface area (Å²) in [6.45, 7) is -0.319. The summed E-state index contributed by atoms with van der Waals surface area (Å²) in [4.78, 5) is 120. The van der Waals surface area contributed by atoms with E-state index in [9.17, 15) is 49.8 Å².